The van der Waals surface area contributed by atoms with Crippen LogP contribution < -0.4 is 5.32 Å². The van der Waals surface area contributed by atoms with E-state index in [4.69, 9.17) is 0 Å². The molecule has 0 aromatic carbocycles. The lowest BCUT2D eigenvalue weighted by Crippen LogP contribution is -2.42. The first-order chi connectivity index (χ1) is 9.13. The molecule has 2 rings (SSSR count). The average Bonchev–Trinajstić information content (AvgIpc) is 3.20. The summed E-state index contributed by atoms with van der Waals surface area (Å²) >= 11 is 0. The Bertz CT molecular complexity index is 318. The molecular weight excluding hydrogens is 234 g/mol. The van der Waals surface area contributed by atoms with Gasteiger partial charge in [-0.3, -0.25) is 5.32 Å². The van der Waals surface area contributed by atoms with Gasteiger partial charge in [-0.1, -0.05) is 6.42 Å². The van der Waals surface area contributed by atoms with Crippen molar-refractivity contribution in [2.75, 3.05) is 13.1 Å². The highest BCUT2D eigenvalue weighted by Crippen LogP contribution is 2.25. The molecule has 1 aliphatic heterocycles. The van der Waals surface area contributed by atoms with E-state index in [1.165, 1.54) is 51.6 Å². The number of rotatable bonds is 7. The minimum absolute atomic E-state index is 0.297. The number of hydrogen-bond acceptors (Lipinski definition) is 3. The maximum atomic E-state index is 9.33. The number of nitriles is 1. The van der Waals surface area contributed by atoms with E-state index in [-0.39, 0.29) is 5.54 Å². The zero-order chi connectivity index (χ0) is 13.7. The Balaban J connectivity index is 1.63. The lowest BCUT2D eigenvalue weighted by molar-refractivity contribution is 0.156. The molecule has 1 saturated heterocycles. The highest BCUT2D eigenvalue weighted by atomic mass is 15.2. The molecule has 1 aliphatic carbocycles. The Hall–Kier alpha value is -0.590. The van der Waals surface area contributed by atoms with Gasteiger partial charge in [0.1, 0.15) is 5.54 Å². The monoisotopic (exact) mass is 263 g/mol. The van der Waals surface area contributed by atoms with Crippen LogP contribution in [0.15, 0.2) is 0 Å². The fourth-order valence-corrected chi connectivity index (χ4v) is 3.12. The van der Waals surface area contributed by atoms with E-state index in [9.17, 15) is 5.26 Å². The summed E-state index contributed by atoms with van der Waals surface area (Å²) in [5.41, 5.74) is -0.297. The molecule has 108 valence electrons. The van der Waals surface area contributed by atoms with Crippen molar-refractivity contribution in [1.82, 2.24) is 10.2 Å². The summed E-state index contributed by atoms with van der Waals surface area (Å²) in [7, 11) is 0. The van der Waals surface area contributed by atoms with E-state index >= 15 is 0 Å². The Kier molecular flexibility index (Phi) is 5.24. The van der Waals surface area contributed by atoms with Gasteiger partial charge in [0.2, 0.25) is 0 Å². The van der Waals surface area contributed by atoms with E-state index in [0.29, 0.717) is 6.04 Å². The number of nitrogens with zero attached hydrogens (tertiary/aromatic N) is 2. The number of piperidine rings is 1. The van der Waals surface area contributed by atoms with Crippen LogP contribution in [0.3, 0.4) is 0 Å². The molecule has 2 unspecified atom stereocenters. The summed E-state index contributed by atoms with van der Waals surface area (Å²) in [5.74, 6) is 0. The first kappa shape index (κ1) is 14.8. The molecule has 1 heterocycles. The van der Waals surface area contributed by atoms with Gasteiger partial charge in [0.15, 0.2) is 0 Å². The lowest BCUT2D eigenvalue weighted by Gasteiger charge is -2.33. The fourth-order valence-electron chi connectivity index (χ4n) is 3.12. The standard InChI is InChI=1S/C16H29N3/c1-14-7-3-5-11-19(14)12-6-4-10-16(2,13-17)18-15-8-9-15/h14-15,18H,3-12H2,1-2H3. The first-order valence-electron chi connectivity index (χ1n) is 8.06. The maximum absolute atomic E-state index is 9.33. The highest BCUT2D eigenvalue weighted by molar-refractivity contribution is 5.06. The van der Waals surface area contributed by atoms with Crippen LogP contribution in [0.4, 0.5) is 0 Å². The molecule has 3 heteroatoms. The van der Waals surface area contributed by atoms with Crippen LogP contribution in [0.5, 0.6) is 0 Å². The van der Waals surface area contributed by atoms with Gasteiger partial charge in [0, 0.05) is 12.1 Å². The molecule has 1 saturated carbocycles. The largest absolute Gasteiger partial charge is 0.301 e. The van der Waals surface area contributed by atoms with E-state index in [1.807, 2.05) is 0 Å². The van der Waals surface area contributed by atoms with Crippen molar-refractivity contribution in [2.24, 2.45) is 0 Å². The predicted octanol–water partition coefficient (Wildman–Crippen LogP) is 3.07. The molecule has 19 heavy (non-hydrogen) atoms. The molecule has 0 aromatic heterocycles. The van der Waals surface area contributed by atoms with Gasteiger partial charge in [-0.05, 0) is 71.9 Å². The van der Waals surface area contributed by atoms with E-state index in [0.717, 1.165) is 18.9 Å². The lowest BCUT2D eigenvalue weighted by atomic mass is 9.95. The molecule has 2 fully saturated rings. The van der Waals surface area contributed by atoms with Crippen molar-refractivity contribution in [3.63, 3.8) is 0 Å². The normalized spacial score (nSPS) is 27.7. The fraction of sp³-hybridized carbons (Fsp3) is 0.938. The second-order valence-electron chi connectivity index (χ2n) is 6.70. The minimum Gasteiger partial charge on any atom is -0.301 e. The van der Waals surface area contributed by atoms with Gasteiger partial charge in [0.25, 0.3) is 0 Å². The second kappa shape index (κ2) is 6.72. The summed E-state index contributed by atoms with van der Waals surface area (Å²) in [4.78, 5) is 2.63. The van der Waals surface area contributed by atoms with Crippen LogP contribution in [0.25, 0.3) is 0 Å². The minimum atomic E-state index is -0.297. The molecule has 0 amide bonds. The summed E-state index contributed by atoms with van der Waals surface area (Å²) in [6.07, 6.45) is 10.0. The van der Waals surface area contributed by atoms with Crippen molar-refractivity contribution < 1.29 is 0 Å². The van der Waals surface area contributed by atoms with Crippen molar-refractivity contribution in [3.8, 4) is 6.07 Å². The summed E-state index contributed by atoms with van der Waals surface area (Å²) < 4.78 is 0. The number of likely N-dealkylation sites (tertiary alicyclic amines) is 1. The molecule has 1 N–H and O–H groups in total. The smallest absolute Gasteiger partial charge is 0.104 e. The number of hydrogen-bond donors (Lipinski definition) is 1. The van der Waals surface area contributed by atoms with E-state index in [1.54, 1.807) is 0 Å². The van der Waals surface area contributed by atoms with Gasteiger partial charge < -0.3 is 4.90 Å². The molecule has 2 aliphatic rings. The summed E-state index contributed by atoms with van der Waals surface area (Å²) in [5, 5.41) is 12.8. The van der Waals surface area contributed by atoms with Gasteiger partial charge in [0.05, 0.1) is 6.07 Å². The molecule has 0 bridgehead atoms. The van der Waals surface area contributed by atoms with Gasteiger partial charge in [-0.15, -0.1) is 0 Å². The average molecular weight is 263 g/mol. The zero-order valence-corrected chi connectivity index (χ0v) is 12.6. The maximum Gasteiger partial charge on any atom is 0.104 e. The van der Waals surface area contributed by atoms with E-state index < -0.39 is 0 Å². The van der Waals surface area contributed by atoms with Crippen LogP contribution in [-0.4, -0.2) is 35.6 Å². The first-order valence-corrected chi connectivity index (χ1v) is 8.06. The van der Waals surface area contributed by atoms with Crippen LogP contribution in [0, 0.1) is 11.3 Å². The summed E-state index contributed by atoms with van der Waals surface area (Å²) in [6, 6.07) is 3.85. The number of nitrogens with one attached hydrogen (secondary N) is 1. The van der Waals surface area contributed by atoms with Crippen molar-refractivity contribution in [1.29, 1.82) is 5.26 Å². The van der Waals surface area contributed by atoms with Crippen LogP contribution in [0.2, 0.25) is 0 Å². The Morgan fingerprint density at radius 1 is 1.26 bits per heavy atom. The third kappa shape index (κ3) is 4.78. The van der Waals surface area contributed by atoms with Crippen molar-refractivity contribution >= 4 is 0 Å². The molecule has 0 aromatic rings. The van der Waals surface area contributed by atoms with Crippen molar-refractivity contribution in [3.05, 3.63) is 0 Å². The van der Waals surface area contributed by atoms with Crippen molar-refractivity contribution in [2.45, 2.75) is 82.8 Å². The quantitative estimate of drug-likeness (QED) is 0.718. The highest BCUT2D eigenvalue weighted by Gasteiger charge is 2.32. The Morgan fingerprint density at radius 3 is 2.68 bits per heavy atom. The molecule has 0 spiro atoms. The number of unbranched alkanes of at least 4 members (excludes halogenated alkanes) is 1. The topological polar surface area (TPSA) is 39.1 Å². The molecule has 2 atom stereocenters. The second-order valence-corrected chi connectivity index (χ2v) is 6.70. The van der Waals surface area contributed by atoms with Crippen LogP contribution in [0.1, 0.15) is 65.2 Å². The van der Waals surface area contributed by atoms with Gasteiger partial charge >= 0.3 is 0 Å². The Labute approximate surface area is 118 Å². The summed E-state index contributed by atoms with van der Waals surface area (Å²) in [6.45, 7) is 6.91. The van der Waals surface area contributed by atoms with Crippen LogP contribution in [-0.2, 0) is 0 Å². The third-order valence-corrected chi connectivity index (χ3v) is 4.66. The molecular formula is C16H29N3. The van der Waals surface area contributed by atoms with Crippen LogP contribution >= 0.6 is 0 Å². The Morgan fingerprint density at radius 2 is 2.05 bits per heavy atom. The van der Waals surface area contributed by atoms with E-state index in [2.05, 4.69) is 30.1 Å². The molecule has 3 nitrogen and oxygen atoms in total. The SMILES string of the molecule is CC1CCCCN1CCCCC(C)(C#N)NC1CC1. The van der Waals surface area contributed by atoms with Gasteiger partial charge in [-0.25, -0.2) is 0 Å². The molecule has 0 radical (unpaired) electrons. The van der Waals surface area contributed by atoms with Gasteiger partial charge in [-0.2, -0.15) is 5.26 Å². The zero-order valence-electron chi connectivity index (χ0n) is 12.6. The third-order valence-electron chi connectivity index (χ3n) is 4.66. The predicted molar refractivity (Wildman–Crippen MR) is 78.9 cm³/mol.